The summed E-state index contributed by atoms with van der Waals surface area (Å²) in [6, 6.07) is 1.99. The molecule has 0 aromatic carbocycles. The molecule has 158 valence electrons. The number of nitrogens with one attached hydrogen (secondary N) is 1. The van der Waals surface area contributed by atoms with Crippen LogP contribution in [0.4, 0.5) is 0 Å². The van der Waals surface area contributed by atoms with Crippen LogP contribution in [0.5, 0.6) is 0 Å². The highest BCUT2D eigenvalue weighted by Crippen LogP contribution is 2.38. The SMILES string of the molecule is CC[C@@H]1CCc2sc(-c3nnc(SCC(=O)N[C@@H]4CCS(=O)(=O)C4)n3C)cc2C1. The van der Waals surface area contributed by atoms with E-state index in [-0.39, 0.29) is 29.2 Å². The van der Waals surface area contributed by atoms with Crippen molar-refractivity contribution in [3.8, 4) is 10.7 Å². The molecule has 1 aliphatic heterocycles. The second kappa shape index (κ2) is 8.39. The third-order valence-electron chi connectivity index (χ3n) is 5.75. The number of aromatic nitrogens is 3. The Morgan fingerprint density at radius 1 is 1.38 bits per heavy atom. The van der Waals surface area contributed by atoms with Crippen LogP contribution in [0.2, 0.25) is 0 Å². The molecule has 2 aromatic heterocycles. The molecule has 29 heavy (non-hydrogen) atoms. The standard InChI is InChI=1S/C19H26N4O3S3/c1-3-12-4-5-15-13(8-12)9-16(28-15)18-21-22-19(23(18)2)27-10-17(24)20-14-6-7-29(25,26)11-14/h9,12,14H,3-8,10-11H2,1-2H3,(H,20,24)/t12-,14-/m1/s1. The summed E-state index contributed by atoms with van der Waals surface area (Å²) in [7, 11) is -1.07. The lowest BCUT2D eigenvalue weighted by atomic mass is 9.87. The maximum Gasteiger partial charge on any atom is 0.230 e. The first-order chi connectivity index (χ1) is 13.8. The average Bonchev–Trinajstić information content (AvgIpc) is 3.35. The van der Waals surface area contributed by atoms with Crippen molar-refractivity contribution in [2.45, 2.75) is 50.2 Å². The second-order valence-corrected chi connectivity index (χ2v) is 12.2. The van der Waals surface area contributed by atoms with Gasteiger partial charge < -0.3 is 9.88 Å². The Balaban J connectivity index is 1.38. The molecular formula is C19H26N4O3S3. The van der Waals surface area contributed by atoms with Gasteiger partial charge in [0.15, 0.2) is 20.8 Å². The van der Waals surface area contributed by atoms with Crippen LogP contribution in [0.3, 0.4) is 0 Å². The van der Waals surface area contributed by atoms with E-state index in [4.69, 9.17) is 0 Å². The zero-order chi connectivity index (χ0) is 20.6. The summed E-state index contributed by atoms with van der Waals surface area (Å²) >= 11 is 3.13. The predicted octanol–water partition coefficient (Wildman–Crippen LogP) is 2.45. The Bertz CT molecular complexity index is 1010. The summed E-state index contributed by atoms with van der Waals surface area (Å²) in [4.78, 5) is 14.8. The number of hydrogen-bond acceptors (Lipinski definition) is 7. The van der Waals surface area contributed by atoms with Crippen LogP contribution in [-0.2, 0) is 34.5 Å². The van der Waals surface area contributed by atoms with Crippen LogP contribution >= 0.6 is 23.1 Å². The van der Waals surface area contributed by atoms with Gasteiger partial charge in [-0.25, -0.2) is 8.42 Å². The summed E-state index contributed by atoms with van der Waals surface area (Å²) in [6.07, 6.45) is 5.29. The summed E-state index contributed by atoms with van der Waals surface area (Å²) in [5.74, 6) is 1.84. The zero-order valence-corrected chi connectivity index (χ0v) is 19.1. The molecule has 4 rings (SSSR count). The molecule has 7 nitrogen and oxygen atoms in total. The van der Waals surface area contributed by atoms with Gasteiger partial charge in [0, 0.05) is 18.0 Å². The van der Waals surface area contributed by atoms with Crippen LogP contribution in [0, 0.1) is 5.92 Å². The predicted molar refractivity (Wildman–Crippen MR) is 116 cm³/mol. The Morgan fingerprint density at radius 3 is 2.93 bits per heavy atom. The van der Waals surface area contributed by atoms with Crippen molar-refractivity contribution in [3.05, 3.63) is 16.5 Å². The number of nitrogens with zero attached hydrogens (tertiary/aromatic N) is 3. The lowest BCUT2D eigenvalue weighted by molar-refractivity contribution is -0.119. The summed E-state index contributed by atoms with van der Waals surface area (Å²) < 4.78 is 25.0. The van der Waals surface area contributed by atoms with E-state index in [0.29, 0.717) is 11.6 Å². The monoisotopic (exact) mass is 454 g/mol. The lowest BCUT2D eigenvalue weighted by Gasteiger charge is -2.19. The van der Waals surface area contributed by atoms with E-state index in [1.807, 2.05) is 11.6 Å². The molecule has 0 bridgehead atoms. The van der Waals surface area contributed by atoms with Crippen LogP contribution < -0.4 is 5.32 Å². The normalized spacial score (nSPS) is 23.1. The number of sulfone groups is 1. The Hall–Kier alpha value is -1.39. The highest BCUT2D eigenvalue weighted by molar-refractivity contribution is 7.99. The van der Waals surface area contributed by atoms with Gasteiger partial charge in [0.25, 0.3) is 0 Å². The molecule has 0 radical (unpaired) electrons. The molecule has 10 heteroatoms. The molecule has 2 aliphatic rings. The topological polar surface area (TPSA) is 94.0 Å². The van der Waals surface area contributed by atoms with E-state index in [0.717, 1.165) is 29.5 Å². The number of thiophene rings is 1. The van der Waals surface area contributed by atoms with Crippen molar-refractivity contribution in [2.24, 2.45) is 13.0 Å². The highest BCUT2D eigenvalue weighted by Gasteiger charge is 2.29. The number of aryl methyl sites for hydroxylation is 1. The quantitative estimate of drug-likeness (QED) is 0.674. The summed E-state index contributed by atoms with van der Waals surface area (Å²) in [5, 5.41) is 12.1. The van der Waals surface area contributed by atoms with Gasteiger partial charge in [-0.2, -0.15) is 0 Å². The molecule has 0 spiro atoms. The summed E-state index contributed by atoms with van der Waals surface area (Å²) in [5.41, 5.74) is 1.45. The van der Waals surface area contributed by atoms with E-state index in [9.17, 15) is 13.2 Å². The molecule has 2 atom stereocenters. The van der Waals surface area contributed by atoms with Gasteiger partial charge in [0.2, 0.25) is 5.91 Å². The first-order valence-corrected chi connectivity index (χ1v) is 13.6. The molecule has 1 saturated heterocycles. The third kappa shape index (κ3) is 4.69. The fourth-order valence-corrected chi connectivity index (χ4v) is 7.65. The van der Waals surface area contributed by atoms with Crippen LogP contribution in [0.25, 0.3) is 10.7 Å². The summed E-state index contributed by atoms with van der Waals surface area (Å²) in [6.45, 7) is 2.26. The molecule has 0 unspecified atom stereocenters. The van der Waals surface area contributed by atoms with Crippen LogP contribution in [-0.4, -0.2) is 52.4 Å². The number of fused-ring (bicyclic) bond motifs is 1. The van der Waals surface area contributed by atoms with E-state index in [1.54, 1.807) is 11.3 Å². The number of amides is 1. The molecule has 1 amide bonds. The highest BCUT2D eigenvalue weighted by atomic mass is 32.2. The van der Waals surface area contributed by atoms with Crippen molar-refractivity contribution >= 4 is 38.8 Å². The van der Waals surface area contributed by atoms with E-state index in [2.05, 4.69) is 28.5 Å². The molecule has 1 fully saturated rings. The van der Waals surface area contributed by atoms with Crippen molar-refractivity contribution in [1.82, 2.24) is 20.1 Å². The van der Waals surface area contributed by atoms with Crippen LogP contribution in [0.15, 0.2) is 11.2 Å². The average molecular weight is 455 g/mol. The second-order valence-electron chi connectivity index (χ2n) is 7.90. The Labute approximate surface area is 179 Å². The largest absolute Gasteiger partial charge is 0.352 e. The van der Waals surface area contributed by atoms with E-state index >= 15 is 0 Å². The van der Waals surface area contributed by atoms with Gasteiger partial charge in [-0.3, -0.25) is 4.79 Å². The number of rotatable bonds is 6. The number of hydrogen-bond donors (Lipinski definition) is 1. The number of carbonyl (C=O) groups excluding carboxylic acids is 1. The minimum atomic E-state index is -3.00. The Morgan fingerprint density at radius 2 is 2.21 bits per heavy atom. The molecule has 1 N–H and O–H groups in total. The molecule has 3 heterocycles. The van der Waals surface area contributed by atoms with E-state index in [1.165, 1.54) is 35.0 Å². The fourth-order valence-electron chi connectivity index (χ4n) is 4.02. The zero-order valence-electron chi connectivity index (χ0n) is 16.7. The Kier molecular flexibility index (Phi) is 6.04. The van der Waals surface area contributed by atoms with Gasteiger partial charge in [-0.1, -0.05) is 25.1 Å². The third-order valence-corrected chi connectivity index (χ3v) is 9.77. The minimum Gasteiger partial charge on any atom is -0.352 e. The smallest absolute Gasteiger partial charge is 0.230 e. The van der Waals surface area contributed by atoms with Crippen molar-refractivity contribution in [2.75, 3.05) is 17.3 Å². The van der Waals surface area contributed by atoms with Crippen molar-refractivity contribution in [1.29, 1.82) is 0 Å². The number of carbonyl (C=O) groups is 1. The fraction of sp³-hybridized carbons (Fsp3) is 0.632. The number of thioether (sulfide) groups is 1. The van der Waals surface area contributed by atoms with Gasteiger partial charge in [0.05, 0.1) is 22.1 Å². The minimum absolute atomic E-state index is 0.0411. The molecule has 0 saturated carbocycles. The van der Waals surface area contributed by atoms with Gasteiger partial charge in [-0.15, -0.1) is 21.5 Å². The van der Waals surface area contributed by atoms with Gasteiger partial charge in [0.1, 0.15) is 0 Å². The van der Waals surface area contributed by atoms with Gasteiger partial charge >= 0.3 is 0 Å². The maximum atomic E-state index is 12.2. The molecule has 1 aliphatic carbocycles. The molecular weight excluding hydrogens is 428 g/mol. The van der Waals surface area contributed by atoms with Crippen LogP contribution in [0.1, 0.15) is 36.6 Å². The van der Waals surface area contributed by atoms with E-state index < -0.39 is 9.84 Å². The maximum absolute atomic E-state index is 12.2. The van der Waals surface area contributed by atoms with Gasteiger partial charge in [-0.05, 0) is 43.2 Å². The first-order valence-electron chi connectivity index (χ1n) is 9.98. The lowest BCUT2D eigenvalue weighted by Crippen LogP contribution is -2.36. The molecule has 2 aromatic rings. The van der Waals surface area contributed by atoms with Crippen molar-refractivity contribution in [3.63, 3.8) is 0 Å². The van der Waals surface area contributed by atoms with Crippen molar-refractivity contribution < 1.29 is 13.2 Å². The first kappa shape index (κ1) is 20.9.